The van der Waals surface area contributed by atoms with E-state index >= 15 is 0 Å². The summed E-state index contributed by atoms with van der Waals surface area (Å²) < 4.78 is 14.8. The molecule has 4 rings (SSSR count). The molecule has 0 bridgehead atoms. The van der Waals surface area contributed by atoms with Crippen LogP contribution >= 0.6 is 0 Å². The molecule has 0 saturated carbocycles. The van der Waals surface area contributed by atoms with Gasteiger partial charge in [-0.3, -0.25) is 29.4 Å². The highest BCUT2D eigenvalue weighted by atomic mass is 19.1. The topological polar surface area (TPSA) is 113 Å². The van der Waals surface area contributed by atoms with Gasteiger partial charge < -0.3 is 10.6 Å². The summed E-state index contributed by atoms with van der Waals surface area (Å²) >= 11 is 0. The summed E-state index contributed by atoms with van der Waals surface area (Å²) in [6, 6.07) is 1.47. The van der Waals surface area contributed by atoms with Crippen LogP contribution in [0.25, 0.3) is 0 Å². The zero-order chi connectivity index (χ0) is 20.0. The van der Waals surface area contributed by atoms with E-state index in [-0.39, 0.29) is 35.7 Å². The van der Waals surface area contributed by atoms with Crippen molar-refractivity contribution in [1.29, 1.82) is 0 Å². The predicted molar refractivity (Wildman–Crippen MR) is 97.1 cm³/mol. The van der Waals surface area contributed by atoms with Gasteiger partial charge in [0.05, 0.1) is 16.8 Å². The number of carbonyl (C=O) groups is 4. The maximum atomic E-state index is 14.8. The molecule has 3 N–H and O–H groups in total. The Hall–Kier alpha value is -2.81. The standard InChI is InChI=1S/C19H21FN4O4/c20-13-8-11-12(9-15(13)23-6-1-2-10(21)5-7-23)19(28)24(18(11)27)14-3-4-16(25)22-17(14)26/h8-10,14H,1-7,21H2,(H,22,25,26). The van der Waals surface area contributed by atoms with Crippen molar-refractivity contribution in [3.05, 3.63) is 29.1 Å². The minimum absolute atomic E-state index is 0.0391. The summed E-state index contributed by atoms with van der Waals surface area (Å²) in [7, 11) is 0. The van der Waals surface area contributed by atoms with E-state index in [4.69, 9.17) is 5.73 Å². The van der Waals surface area contributed by atoms with Crippen LogP contribution in [0.3, 0.4) is 0 Å². The number of hydrogen-bond acceptors (Lipinski definition) is 6. The van der Waals surface area contributed by atoms with Crippen LogP contribution in [0.2, 0.25) is 0 Å². The molecule has 8 nitrogen and oxygen atoms in total. The predicted octanol–water partition coefficient (Wildman–Crippen LogP) is 0.544. The fourth-order valence-electron chi connectivity index (χ4n) is 4.08. The van der Waals surface area contributed by atoms with E-state index in [1.165, 1.54) is 6.07 Å². The molecule has 3 aliphatic heterocycles. The number of nitrogens with one attached hydrogen (secondary N) is 1. The molecule has 0 radical (unpaired) electrons. The second-order valence-electron chi connectivity index (χ2n) is 7.47. The molecule has 0 aliphatic carbocycles. The van der Waals surface area contributed by atoms with Crippen LogP contribution in [0.4, 0.5) is 10.1 Å². The minimum atomic E-state index is -1.06. The number of hydrogen-bond donors (Lipinski definition) is 2. The number of rotatable bonds is 2. The van der Waals surface area contributed by atoms with Crippen LogP contribution in [-0.4, -0.2) is 53.7 Å². The molecule has 2 fully saturated rings. The van der Waals surface area contributed by atoms with Crippen LogP contribution in [0.5, 0.6) is 0 Å². The molecule has 2 unspecified atom stereocenters. The number of piperidine rings is 1. The maximum absolute atomic E-state index is 14.8. The molecule has 3 aliphatic rings. The van der Waals surface area contributed by atoms with E-state index in [1.807, 2.05) is 4.90 Å². The lowest BCUT2D eigenvalue weighted by Crippen LogP contribution is -2.54. The largest absolute Gasteiger partial charge is 0.369 e. The molecule has 0 spiro atoms. The van der Waals surface area contributed by atoms with Crippen molar-refractivity contribution in [3.8, 4) is 0 Å². The number of fused-ring (bicyclic) bond motifs is 1. The number of nitrogens with two attached hydrogens (primary N) is 1. The molecule has 3 heterocycles. The Morgan fingerprint density at radius 1 is 1.00 bits per heavy atom. The summed E-state index contributed by atoms with van der Waals surface area (Å²) in [6.45, 7) is 1.18. The average molecular weight is 388 g/mol. The van der Waals surface area contributed by atoms with Crippen LogP contribution < -0.4 is 16.0 Å². The van der Waals surface area contributed by atoms with Gasteiger partial charge in [-0.2, -0.15) is 0 Å². The number of anilines is 1. The summed E-state index contributed by atoms with van der Waals surface area (Å²) in [6.07, 6.45) is 2.48. The Bertz CT molecular complexity index is 887. The van der Waals surface area contributed by atoms with E-state index in [1.54, 1.807) is 0 Å². The van der Waals surface area contributed by atoms with E-state index in [2.05, 4.69) is 5.32 Å². The first-order valence-corrected chi connectivity index (χ1v) is 9.42. The maximum Gasteiger partial charge on any atom is 0.262 e. The molecule has 2 atom stereocenters. The zero-order valence-electron chi connectivity index (χ0n) is 15.2. The molecule has 1 aromatic carbocycles. The average Bonchev–Trinajstić information content (AvgIpc) is 2.78. The van der Waals surface area contributed by atoms with Gasteiger partial charge in [-0.1, -0.05) is 0 Å². The molecule has 0 aromatic heterocycles. The van der Waals surface area contributed by atoms with Gasteiger partial charge >= 0.3 is 0 Å². The number of imide groups is 2. The van der Waals surface area contributed by atoms with Crippen LogP contribution in [0.15, 0.2) is 12.1 Å². The third kappa shape index (κ3) is 3.05. The Morgan fingerprint density at radius 3 is 2.43 bits per heavy atom. The van der Waals surface area contributed by atoms with E-state index in [0.717, 1.165) is 23.8 Å². The number of halogens is 1. The molecule has 9 heteroatoms. The summed E-state index contributed by atoms with van der Waals surface area (Å²) in [4.78, 5) is 51.7. The van der Waals surface area contributed by atoms with Gasteiger partial charge in [-0.15, -0.1) is 0 Å². The highest BCUT2D eigenvalue weighted by Crippen LogP contribution is 2.33. The third-order valence-electron chi connectivity index (χ3n) is 5.62. The van der Waals surface area contributed by atoms with E-state index < -0.39 is 35.5 Å². The lowest BCUT2D eigenvalue weighted by Gasteiger charge is -2.27. The summed E-state index contributed by atoms with van der Waals surface area (Å²) in [5, 5.41) is 2.14. The van der Waals surface area contributed by atoms with Gasteiger partial charge in [-0.05, 0) is 37.8 Å². The zero-order valence-corrected chi connectivity index (χ0v) is 15.2. The first kappa shape index (κ1) is 18.5. The van der Waals surface area contributed by atoms with Crippen molar-refractivity contribution in [1.82, 2.24) is 10.2 Å². The van der Waals surface area contributed by atoms with Crippen LogP contribution in [0, 0.1) is 5.82 Å². The lowest BCUT2D eigenvalue weighted by atomic mass is 10.0. The smallest absolute Gasteiger partial charge is 0.262 e. The number of carbonyl (C=O) groups excluding carboxylic acids is 4. The molecule has 4 amide bonds. The number of nitrogens with zero attached hydrogens (tertiary/aromatic N) is 2. The van der Waals surface area contributed by atoms with Crippen LogP contribution in [0.1, 0.15) is 52.8 Å². The van der Waals surface area contributed by atoms with E-state index in [9.17, 15) is 23.6 Å². The molecule has 2 saturated heterocycles. The Labute approximate surface area is 160 Å². The highest BCUT2D eigenvalue weighted by Gasteiger charge is 2.45. The second-order valence-corrected chi connectivity index (χ2v) is 7.47. The van der Waals surface area contributed by atoms with Gasteiger partial charge in [0.25, 0.3) is 11.8 Å². The molecular weight excluding hydrogens is 367 g/mol. The van der Waals surface area contributed by atoms with Gasteiger partial charge in [0.2, 0.25) is 11.8 Å². The number of benzene rings is 1. The lowest BCUT2D eigenvalue weighted by molar-refractivity contribution is -0.136. The van der Waals surface area contributed by atoms with Crippen molar-refractivity contribution >= 4 is 29.3 Å². The molecule has 148 valence electrons. The molecule has 28 heavy (non-hydrogen) atoms. The van der Waals surface area contributed by atoms with Gasteiger partial charge in [0.1, 0.15) is 11.9 Å². The normalized spacial score (nSPS) is 25.6. The number of amides is 4. The highest BCUT2D eigenvalue weighted by molar-refractivity contribution is 6.23. The first-order chi connectivity index (χ1) is 13.4. The quantitative estimate of drug-likeness (QED) is 0.716. The van der Waals surface area contributed by atoms with Crippen molar-refractivity contribution < 1.29 is 23.6 Å². The minimum Gasteiger partial charge on any atom is -0.369 e. The second kappa shape index (κ2) is 6.97. The Balaban J connectivity index is 1.65. The Morgan fingerprint density at radius 2 is 1.71 bits per heavy atom. The first-order valence-electron chi connectivity index (χ1n) is 9.42. The van der Waals surface area contributed by atoms with Crippen molar-refractivity contribution in [2.45, 2.75) is 44.2 Å². The molecular formula is C19H21FN4O4. The fraction of sp³-hybridized carbons (Fsp3) is 0.474. The molecule has 1 aromatic rings. The summed E-state index contributed by atoms with van der Waals surface area (Å²) in [5.74, 6) is -3.06. The van der Waals surface area contributed by atoms with Gasteiger partial charge in [-0.25, -0.2) is 4.39 Å². The SMILES string of the molecule is NC1CCCN(c2cc3c(cc2F)C(=O)N(C2CCC(=O)NC2=O)C3=O)CC1. The fourth-order valence-corrected chi connectivity index (χ4v) is 4.08. The van der Waals surface area contributed by atoms with Gasteiger partial charge in [0, 0.05) is 25.6 Å². The van der Waals surface area contributed by atoms with Gasteiger partial charge in [0.15, 0.2) is 0 Å². The third-order valence-corrected chi connectivity index (χ3v) is 5.62. The monoisotopic (exact) mass is 388 g/mol. The Kier molecular flexibility index (Phi) is 4.62. The van der Waals surface area contributed by atoms with Crippen LogP contribution in [-0.2, 0) is 9.59 Å². The summed E-state index contributed by atoms with van der Waals surface area (Å²) in [5.41, 5.74) is 6.27. The van der Waals surface area contributed by atoms with Crippen molar-refractivity contribution in [2.75, 3.05) is 18.0 Å². The van der Waals surface area contributed by atoms with E-state index in [0.29, 0.717) is 19.5 Å². The van der Waals surface area contributed by atoms with Crippen molar-refractivity contribution in [3.63, 3.8) is 0 Å². The van der Waals surface area contributed by atoms with Crippen molar-refractivity contribution in [2.24, 2.45) is 5.73 Å².